The van der Waals surface area contributed by atoms with E-state index in [1.807, 2.05) is 42.6 Å². The van der Waals surface area contributed by atoms with Crippen LogP contribution in [-0.2, 0) is 6.54 Å². The Morgan fingerprint density at radius 3 is 2.73 bits per heavy atom. The van der Waals surface area contributed by atoms with Crippen molar-refractivity contribution in [3.05, 3.63) is 60.4 Å². The van der Waals surface area contributed by atoms with Crippen LogP contribution in [-0.4, -0.2) is 29.8 Å². The third-order valence-electron chi connectivity index (χ3n) is 3.56. The molecule has 0 radical (unpaired) electrons. The molecule has 4 rings (SSSR count). The Labute approximate surface area is 150 Å². The zero-order valence-electron chi connectivity index (χ0n) is 13.3. The summed E-state index contributed by atoms with van der Waals surface area (Å²) in [5, 5.41) is 19.8. The summed E-state index contributed by atoms with van der Waals surface area (Å²) in [6.07, 6.45) is 3.16. The second-order valence-corrected chi connectivity index (χ2v) is 6.34. The van der Waals surface area contributed by atoms with Crippen LogP contribution in [0.15, 0.2) is 54.9 Å². The number of benzene rings is 1. The number of nitrogens with one attached hydrogen (secondary N) is 1. The monoisotopic (exact) mass is 373 g/mol. The van der Waals surface area contributed by atoms with Crippen LogP contribution in [0.5, 0.6) is 0 Å². The molecule has 0 saturated heterocycles. The van der Waals surface area contributed by atoms with Gasteiger partial charge in [-0.25, -0.2) is 4.68 Å². The summed E-state index contributed by atoms with van der Waals surface area (Å²) < 4.78 is 28.2. The number of anilines is 2. The maximum Gasteiger partial charge on any atom is 0.333 e. The van der Waals surface area contributed by atoms with Gasteiger partial charge in [0.05, 0.1) is 6.54 Å². The first-order valence-corrected chi connectivity index (χ1v) is 8.50. The Morgan fingerprint density at radius 1 is 1.08 bits per heavy atom. The molecule has 0 amide bonds. The van der Waals surface area contributed by atoms with Gasteiger partial charge in [-0.15, -0.1) is 10.2 Å². The van der Waals surface area contributed by atoms with Gasteiger partial charge in [0.15, 0.2) is 10.8 Å². The Bertz CT molecular complexity index is 993. The van der Waals surface area contributed by atoms with Gasteiger partial charge in [-0.05, 0) is 11.6 Å². The maximum absolute atomic E-state index is 12.9. The van der Waals surface area contributed by atoms with Crippen LogP contribution < -0.4 is 5.32 Å². The molecule has 7 nitrogen and oxygen atoms in total. The zero-order valence-corrected chi connectivity index (χ0v) is 14.1. The summed E-state index contributed by atoms with van der Waals surface area (Å²) in [5.74, 6) is 0.603. The standard InChI is InChI=1S/C16H13F2N7S/c17-15(18)25-12(6-8-19-25)14-21-22-16(26-14)20-13-7-9-24(23-13)10-11-4-2-1-3-5-11/h1-9,15H,10H2,(H,20,22,23). The highest BCUT2D eigenvalue weighted by molar-refractivity contribution is 7.18. The quantitative estimate of drug-likeness (QED) is 0.557. The molecule has 0 atom stereocenters. The van der Waals surface area contributed by atoms with E-state index >= 15 is 0 Å². The highest BCUT2D eigenvalue weighted by Crippen LogP contribution is 2.29. The molecule has 0 unspecified atom stereocenters. The second-order valence-electron chi connectivity index (χ2n) is 5.36. The van der Waals surface area contributed by atoms with Crippen LogP contribution in [0.25, 0.3) is 10.7 Å². The van der Waals surface area contributed by atoms with Gasteiger partial charge in [-0.2, -0.15) is 19.0 Å². The van der Waals surface area contributed by atoms with Gasteiger partial charge in [0.2, 0.25) is 5.13 Å². The zero-order chi connectivity index (χ0) is 17.9. The maximum atomic E-state index is 12.9. The van der Waals surface area contributed by atoms with E-state index < -0.39 is 6.55 Å². The van der Waals surface area contributed by atoms with Crippen molar-refractivity contribution in [3.63, 3.8) is 0 Å². The van der Waals surface area contributed by atoms with Crippen molar-refractivity contribution in [2.24, 2.45) is 0 Å². The van der Waals surface area contributed by atoms with Crippen molar-refractivity contribution in [1.82, 2.24) is 29.8 Å². The summed E-state index contributed by atoms with van der Waals surface area (Å²) in [5.41, 5.74) is 1.36. The predicted octanol–water partition coefficient (Wildman–Crippen LogP) is 3.79. The van der Waals surface area contributed by atoms with Crippen molar-refractivity contribution >= 4 is 22.3 Å². The minimum Gasteiger partial charge on any atom is -0.313 e. The van der Waals surface area contributed by atoms with Gasteiger partial charge in [0.1, 0.15) is 5.69 Å². The smallest absolute Gasteiger partial charge is 0.313 e. The Hall–Kier alpha value is -3.14. The molecule has 3 heterocycles. The molecule has 0 aliphatic rings. The number of nitrogens with zero attached hydrogens (tertiary/aromatic N) is 6. The number of aromatic nitrogens is 6. The Morgan fingerprint density at radius 2 is 1.92 bits per heavy atom. The number of hydrogen-bond donors (Lipinski definition) is 1. The Kier molecular flexibility index (Phi) is 4.40. The van der Waals surface area contributed by atoms with Gasteiger partial charge in [-0.3, -0.25) is 4.68 Å². The van der Waals surface area contributed by atoms with Crippen LogP contribution in [0.3, 0.4) is 0 Å². The first-order chi connectivity index (χ1) is 12.7. The molecule has 4 aromatic rings. The van der Waals surface area contributed by atoms with Crippen LogP contribution in [0.1, 0.15) is 12.1 Å². The first kappa shape index (κ1) is 16.3. The van der Waals surface area contributed by atoms with Gasteiger partial charge >= 0.3 is 6.55 Å². The summed E-state index contributed by atoms with van der Waals surface area (Å²) in [6.45, 7) is -2.08. The van der Waals surface area contributed by atoms with Crippen LogP contribution in [0.4, 0.5) is 19.7 Å². The highest BCUT2D eigenvalue weighted by Gasteiger charge is 2.17. The minimum atomic E-state index is -2.73. The number of rotatable bonds is 6. The molecule has 26 heavy (non-hydrogen) atoms. The van der Waals surface area contributed by atoms with Gasteiger partial charge in [-0.1, -0.05) is 41.7 Å². The van der Waals surface area contributed by atoms with Crippen molar-refractivity contribution in [1.29, 1.82) is 0 Å². The average Bonchev–Trinajstić information content (AvgIpc) is 3.36. The molecular formula is C16H13F2N7S. The fourth-order valence-electron chi connectivity index (χ4n) is 2.41. The molecule has 0 spiro atoms. The Balaban J connectivity index is 1.47. The lowest BCUT2D eigenvalue weighted by Crippen LogP contribution is -2.01. The summed E-state index contributed by atoms with van der Waals surface area (Å²) in [6, 6.07) is 13.3. The van der Waals surface area contributed by atoms with Crippen molar-refractivity contribution < 1.29 is 8.78 Å². The summed E-state index contributed by atoms with van der Waals surface area (Å²) in [4.78, 5) is 0. The van der Waals surface area contributed by atoms with E-state index in [-0.39, 0.29) is 5.69 Å². The molecule has 0 aliphatic heterocycles. The van der Waals surface area contributed by atoms with Crippen LogP contribution in [0, 0.1) is 0 Å². The van der Waals surface area contributed by atoms with E-state index in [0.29, 0.717) is 27.2 Å². The predicted molar refractivity (Wildman–Crippen MR) is 93.4 cm³/mol. The third-order valence-corrected chi connectivity index (χ3v) is 4.42. The normalized spacial score (nSPS) is 11.2. The van der Waals surface area contributed by atoms with Crippen LogP contribution >= 0.6 is 11.3 Å². The number of alkyl halides is 2. The first-order valence-electron chi connectivity index (χ1n) is 7.69. The average molecular weight is 373 g/mol. The molecule has 1 aromatic carbocycles. The molecule has 0 saturated carbocycles. The van der Waals surface area contributed by atoms with Crippen LogP contribution in [0.2, 0.25) is 0 Å². The largest absolute Gasteiger partial charge is 0.333 e. The topological polar surface area (TPSA) is 73.5 Å². The van der Waals surface area contributed by atoms with E-state index in [2.05, 4.69) is 25.7 Å². The third kappa shape index (κ3) is 3.45. The molecule has 10 heteroatoms. The van der Waals surface area contributed by atoms with Crippen molar-refractivity contribution in [2.75, 3.05) is 5.32 Å². The van der Waals surface area contributed by atoms with E-state index in [9.17, 15) is 8.78 Å². The fraction of sp³-hybridized carbons (Fsp3) is 0.125. The second kappa shape index (κ2) is 7.00. The molecule has 0 bridgehead atoms. The number of halogens is 2. The lowest BCUT2D eigenvalue weighted by Gasteiger charge is -2.02. The summed E-state index contributed by atoms with van der Waals surface area (Å²) in [7, 11) is 0. The van der Waals surface area contributed by atoms with E-state index in [4.69, 9.17) is 0 Å². The van der Waals surface area contributed by atoms with Gasteiger partial charge in [0, 0.05) is 18.5 Å². The lowest BCUT2D eigenvalue weighted by atomic mass is 10.2. The molecule has 1 N–H and O–H groups in total. The lowest BCUT2D eigenvalue weighted by molar-refractivity contribution is 0.0585. The summed E-state index contributed by atoms with van der Waals surface area (Å²) >= 11 is 1.15. The number of hydrogen-bond acceptors (Lipinski definition) is 6. The SMILES string of the molecule is FC(F)n1nccc1-c1nnc(Nc2ccn(Cc3ccccc3)n2)s1. The van der Waals surface area contributed by atoms with E-state index in [0.717, 1.165) is 16.9 Å². The minimum absolute atomic E-state index is 0.222. The van der Waals surface area contributed by atoms with Crippen molar-refractivity contribution in [2.45, 2.75) is 13.1 Å². The molecular weight excluding hydrogens is 360 g/mol. The van der Waals surface area contributed by atoms with E-state index in [1.54, 1.807) is 4.68 Å². The van der Waals surface area contributed by atoms with Gasteiger partial charge < -0.3 is 5.32 Å². The van der Waals surface area contributed by atoms with E-state index in [1.165, 1.54) is 12.3 Å². The molecule has 132 valence electrons. The highest BCUT2D eigenvalue weighted by atomic mass is 32.1. The molecule has 0 fully saturated rings. The van der Waals surface area contributed by atoms with Gasteiger partial charge in [0.25, 0.3) is 0 Å². The van der Waals surface area contributed by atoms with Crippen molar-refractivity contribution in [3.8, 4) is 10.7 Å². The molecule has 0 aliphatic carbocycles. The molecule has 3 aromatic heterocycles. The fourth-order valence-corrected chi connectivity index (χ4v) is 3.18.